The van der Waals surface area contributed by atoms with E-state index in [0.717, 1.165) is 37.8 Å². The number of rotatable bonds is 8. The molecule has 4 nitrogen and oxygen atoms in total. The Kier molecular flexibility index (Phi) is 4.34. The summed E-state index contributed by atoms with van der Waals surface area (Å²) in [6.45, 7) is 4.33. The lowest BCUT2D eigenvalue weighted by Crippen LogP contribution is -2.17. The van der Waals surface area contributed by atoms with E-state index in [1.807, 2.05) is 4.68 Å². The molecule has 1 aromatic heterocycles. The molecule has 0 spiro atoms. The Bertz CT molecular complexity index is 304. The minimum Gasteiger partial charge on any atom is -0.314 e. The summed E-state index contributed by atoms with van der Waals surface area (Å²) in [6.07, 6.45) is 9.08. The quantitative estimate of drug-likeness (QED) is 0.682. The van der Waals surface area contributed by atoms with Gasteiger partial charge < -0.3 is 5.32 Å². The van der Waals surface area contributed by atoms with E-state index in [4.69, 9.17) is 0 Å². The highest BCUT2D eigenvalue weighted by Gasteiger charge is 2.19. The van der Waals surface area contributed by atoms with Crippen molar-refractivity contribution in [3.63, 3.8) is 0 Å². The average molecular weight is 222 g/mol. The van der Waals surface area contributed by atoms with Gasteiger partial charge in [-0.3, -0.25) is 4.68 Å². The molecule has 0 atom stereocenters. The molecule has 1 fully saturated rings. The van der Waals surface area contributed by atoms with Crippen LogP contribution in [0.5, 0.6) is 0 Å². The van der Waals surface area contributed by atoms with Crippen LogP contribution in [0.3, 0.4) is 0 Å². The van der Waals surface area contributed by atoms with E-state index < -0.39 is 0 Å². The average Bonchev–Trinajstić information content (AvgIpc) is 3.00. The van der Waals surface area contributed by atoms with Gasteiger partial charge in [0.25, 0.3) is 0 Å². The molecule has 0 aromatic carbocycles. The first-order valence-electron chi connectivity index (χ1n) is 6.50. The zero-order valence-electron chi connectivity index (χ0n) is 10.2. The van der Waals surface area contributed by atoms with Crippen LogP contribution in [-0.4, -0.2) is 27.4 Å². The number of aryl methyl sites for hydroxylation is 2. The molecule has 2 rings (SSSR count). The maximum Gasteiger partial charge on any atom is 0.138 e. The van der Waals surface area contributed by atoms with Crippen LogP contribution in [0.2, 0.25) is 0 Å². The minimum atomic E-state index is 0.837. The van der Waals surface area contributed by atoms with Crippen LogP contribution in [0.25, 0.3) is 0 Å². The van der Waals surface area contributed by atoms with Crippen molar-refractivity contribution in [3.8, 4) is 0 Å². The van der Waals surface area contributed by atoms with E-state index in [0.29, 0.717) is 0 Å². The van der Waals surface area contributed by atoms with E-state index in [1.54, 1.807) is 6.33 Å². The summed E-state index contributed by atoms with van der Waals surface area (Å²) < 4.78 is 2.04. The normalized spacial score (nSPS) is 15.6. The van der Waals surface area contributed by atoms with E-state index in [9.17, 15) is 0 Å². The van der Waals surface area contributed by atoms with Crippen LogP contribution in [0.15, 0.2) is 6.33 Å². The van der Waals surface area contributed by atoms with Gasteiger partial charge in [-0.15, -0.1) is 0 Å². The van der Waals surface area contributed by atoms with E-state index in [1.165, 1.54) is 25.7 Å². The maximum absolute atomic E-state index is 4.31. The van der Waals surface area contributed by atoms with Crippen molar-refractivity contribution in [1.29, 1.82) is 0 Å². The second kappa shape index (κ2) is 5.99. The summed E-state index contributed by atoms with van der Waals surface area (Å²) in [6, 6.07) is 0.837. The number of aromatic nitrogens is 3. The predicted octanol–water partition coefficient (Wildman–Crippen LogP) is 1.76. The predicted molar refractivity (Wildman–Crippen MR) is 64.3 cm³/mol. The molecule has 0 unspecified atom stereocenters. The van der Waals surface area contributed by atoms with Crippen molar-refractivity contribution in [3.05, 3.63) is 12.2 Å². The SMILES string of the molecule is CCCn1ncnc1CCCCNC1CC1. The fourth-order valence-electron chi connectivity index (χ4n) is 1.88. The number of hydrogen-bond acceptors (Lipinski definition) is 3. The van der Waals surface area contributed by atoms with Crippen LogP contribution >= 0.6 is 0 Å². The second-order valence-electron chi connectivity index (χ2n) is 4.58. The monoisotopic (exact) mass is 222 g/mol. The summed E-state index contributed by atoms with van der Waals surface area (Å²) in [5, 5.41) is 7.77. The number of hydrogen-bond donors (Lipinski definition) is 1. The van der Waals surface area contributed by atoms with Gasteiger partial charge in [-0.1, -0.05) is 6.92 Å². The van der Waals surface area contributed by atoms with Gasteiger partial charge in [0, 0.05) is 19.0 Å². The summed E-state index contributed by atoms with van der Waals surface area (Å²) in [7, 11) is 0. The van der Waals surface area contributed by atoms with Crippen LogP contribution in [0.4, 0.5) is 0 Å². The molecule has 0 bridgehead atoms. The van der Waals surface area contributed by atoms with Gasteiger partial charge >= 0.3 is 0 Å². The Labute approximate surface area is 97.5 Å². The third-order valence-corrected chi connectivity index (χ3v) is 2.97. The number of unbranched alkanes of at least 4 members (excludes halogenated alkanes) is 1. The minimum absolute atomic E-state index is 0.837. The standard InChI is InChI=1S/C12H22N4/c1-2-9-16-12(14-10-15-16)5-3-4-8-13-11-6-7-11/h10-11,13H,2-9H2,1H3. The molecule has 1 aliphatic carbocycles. The fraction of sp³-hybridized carbons (Fsp3) is 0.833. The Balaban J connectivity index is 1.61. The van der Waals surface area contributed by atoms with Crippen molar-refractivity contribution in [1.82, 2.24) is 20.1 Å². The molecule has 1 aromatic rings. The zero-order valence-corrected chi connectivity index (χ0v) is 10.2. The van der Waals surface area contributed by atoms with Gasteiger partial charge in [0.2, 0.25) is 0 Å². The van der Waals surface area contributed by atoms with Crippen LogP contribution in [0, 0.1) is 0 Å². The molecule has 16 heavy (non-hydrogen) atoms. The van der Waals surface area contributed by atoms with Crippen LogP contribution < -0.4 is 5.32 Å². The summed E-state index contributed by atoms with van der Waals surface area (Å²) in [5.74, 6) is 1.15. The molecule has 1 aliphatic rings. The van der Waals surface area contributed by atoms with Crippen LogP contribution in [0.1, 0.15) is 44.9 Å². The van der Waals surface area contributed by atoms with Gasteiger partial charge in [0.1, 0.15) is 12.2 Å². The lowest BCUT2D eigenvalue weighted by molar-refractivity contribution is 0.548. The first-order chi connectivity index (χ1) is 7.90. The lowest BCUT2D eigenvalue weighted by atomic mass is 10.2. The Morgan fingerprint density at radius 2 is 2.31 bits per heavy atom. The van der Waals surface area contributed by atoms with Gasteiger partial charge in [0.05, 0.1) is 0 Å². The molecule has 4 heteroatoms. The summed E-state index contributed by atoms with van der Waals surface area (Å²) in [4.78, 5) is 4.31. The maximum atomic E-state index is 4.31. The molecule has 1 saturated carbocycles. The highest BCUT2D eigenvalue weighted by atomic mass is 15.3. The van der Waals surface area contributed by atoms with Gasteiger partial charge in [0.15, 0.2) is 0 Å². The van der Waals surface area contributed by atoms with Crippen molar-refractivity contribution in [2.45, 2.75) is 58.0 Å². The smallest absolute Gasteiger partial charge is 0.138 e. The molecular weight excluding hydrogens is 200 g/mol. The topological polar surface area (TPSA) is 42.7 Å². The van der Waals surface area contributed by atoms with Gasteiger partial charge in [-0.25, -0.2) is 4.98 Å². The zero-order chi connectivity index (χ0) is 11.2. The second-order valence-corrected chi connectivity index (χ2v) is 4.58. The van der Waals surface area contributed by atoms with Crippen molar-refractivity contribution in [2.75, 3.05) is 6.54 Å². The van der Waals surface area contributed by atoms with E-state index in [2.05, 4.69) is 22.3 Å². The van der Waals surface area contributed by atoms with Crippen LogP contribution in [-0.2, 0) is 13.0 Å². The Morgan fingerprint density at radius 3 is 3.06 bits per heavy atom. The molecular formula is C12H22N4. The molecule has 90 valence electrons. The lowest BCUT2D eigenvalue weighted by Gasteiger charge is -2.04. The van der Waals surface area contributed by atoms with Crippen molar-refractivity contribution < 1.29 is 0 Å². The molecule has 0 saturated heterocycles. The Hall–Kier alpha value is -0.900. The van der Waals surface area contributed by atoms with Crippen molar-refractivity contribution >= 4 is 0 Å². The largest absolute Gasteiger partial charge is 0.314 e. The Morgan fingerprint density at radius 1 is 1.44 bits per heavy atom. The molecule has 1 N–H and O–H groups in total. The first kappa shape index (κ1) is 11.6. The third-order valence-electron chi connectivity index (χ3n) is 2.97. The first-order valence-corrected chi connectivity index (χ1v) is 6.50. The van der Waals surface area contributed by atoms with Crippen molar-refractivity contribution in [2.24, 2.45) is 0 Å². The fourth-order valence-corrected chi connectivity index (χ4v) is 1.88. The van der Waals surface area contributed by atoms with Gasteiger partial charge in [-0.05, 0) is 38.6 Å². The number of nitrogens with one attached hydrogen (secondary N) is 1. The van der Waals surface area contributed by atoms with E-state index in [-0.39, 0.29) is 0 Å². The highest BCUT2D eigenvalue weighted by molar-refractivity contribution is 4.85. The molecule has 0 radical (unpaired) electrons. The highest BCUT2D eigenvalue weighted by Crippen LogP contribution is 2.18. The molecule has 1 heterocycles. The molecule has 0 aliphatic heterocycles. The number of nitrogens with zero attached hydrogens (tertiary/aromatic N) is 3. The van der Waals surface area contributed by atoms with Gasteiger partial charge in [-0.2, -0.15) is 5.10 Å². The summed E-state index contributed by atoms with van der Waals surface area (Å²) in [5.41, 5.74) is 0. The van der Waals surface area contributed by atoms with E-state index >= 15 is 0 Å². The summed E-state index contributed by atoms with van der Waals surface area (Å²) >= 11 is 0. The molecule has 0 amide bonds. The third kappa shape index (κ3) is 3.59.